The Morgan fingerprint density at radius 2 is 1.67 bits per heavy atom. The van der Waals surface area contributed by atoms with Crippen LogP contribution in [0.15, 0.2) is 54.6 Å². The highest BCUT2D eigenvalue weighted by Crippen LogP contribution is 2.26. The first-order valence-corrected chi connectivity index (χ1v) is 19.3. The minimum atomic E-state index is -2.52. The van der Waals surface area contributed by atoms with Crippen LogP contribution in [0.25, 0.3) is 0 Å². The Morgan fingerprint density at radius 3 is 2.35 bits per heavy atom. The molecule has 264 valence electrons. The first kappa shape index (κ1) is 37.3. The minimum absolute atomic E-state index is 0.0695. The van der Waals surface area contributed by atoms with Gasteiger partial charge in [-0.1, -0.05) is 56.3 Å². The number of alkyl carbamates (subject to hydrolysis) is 1. The molecule has 0 bridgehead atoms. The van der Waals surface area contributed by atoms with Crippen LogP contribution in [0, 0.1) is 0 Å². The fourth-order valence-electron chi connectivity index (χ4n) is 5.87. The van der Waals surface area contributed by atoms with Crippen LogP contribution in [0.2, 0.25) is 12.1 Å². The lowest BCUT2D eigenvalue weighted by Crippen LogP contribution is -2.59. The van der Waals surface area contributed by atoms with E-state index in [9.17, 15) is 14.4 Å². The lowest BCUT2D eigenvalue weighted by Gasteiger charge is -2.43. The van der Waals surface area contributed by atoms with Crippen molar-refractivity contribution in [2.45, 2.75) is 70.5 Å². The molecule has 2 aliphatic rings. The number of rotatable bonds is 17. The summed E-state index contributed by atoms with van der Waals surface area (Å²) >= 11 is 0. The molecule has 2 saturated heterocycles. The van der Waals surface area contributed by atoms with Crippen LogP contribution >= 0.6 is 0 Å². The van der Waals surface area contributed by atoms with Crippen molar-refractivity contribution in [3.63, 3.8) is 0 Å². The van der Waals surface area contributed by atoms with E-state index in [-0.39, 0.29) is 50.1 Å². The molecule has 0 saturated carbocycles. The Hall–Kier alpha value is -3.49. The largest absolute Gasteiger partial charge is 0.497 e. The molecule has 0 aliphatic carbocycles. The molecule has 12 nitrogen and oxygen atoms in total. The van der Waals surface area contributed by atoms with E-state index in [0.29, 0.717) is 46.0 Å². The summed E-state index contributed by atoms with van der Waals surface area (Å²) < 4.78 is 29.4. The van der Waals surface area contributed by atoms with Gasteiger partial charge in [-0.15, -0.1) is 0 Å². The maximum absolute atomic E-state index is 13.3. The SMILES string of the molecule is CC[Si](CC)(OCC1CN(C(=O)CCNC(=O)OCc2ccccc2)CCN1CC(=O)NCc1ccc(OC)cc1)OC1CCOCC1. The topological polar surface area (TPSA) is 128 Å². The number of ether oxygens (including phenoxy) is 3. The number of piperazine rings is 1. The Balaban J connectivity index is 1.32. The fraction of sp³-hybridized carbons (Fsp3) is 0.571. The Bertz CT molecular complexity index is 1280. The minimum Gasteiger partial charge on any atom is -0.497 e. The summed E-state index contributed by atoms with van der Waals surface area (Å²) in [7, 11) is -0.904. The molecule has 4 rings (SSSR count). The zero-order chi connectivity index (χ0) is 34.2. The predicted molar refractivity (Wildman–Crippen MR) is 184 cm³/mol. The monoisotopic (exact) mass is 684 g/mol. The quantitative estimate of drug-likeness (QED) is 0.239. The molecule has 1 unspecified atom stereocenters. The smallest absolute Gasteiger partial charge is 0.407 e. The van der Waals surface area contributed by atoms with Crippen LogP contribution in [0.3, 0.4) is 0 Å². The summed E-state index contributed by atoms with van der Waals surface area (Å²) in [6.45, 7) is 8.33. The fourth-order valence-corrected chi connectivity index (χ4v) is 8.52. The molecular weight excluding hydrogens is 632 g/mol. The molecule has 0 aromatic heterocycles. The van der Waals surface area contributed by atoms with Gasteiger partial charge in [0.05, 0.1) is 32.4 Å². The van der Waals surface area contributed by atoms with Gasteiger partial charge in [-0.2, -0.15) is 0 Å². The highest BCUT2D eigenvalue weighted by molar-refractivity contribution is 6.67. The molecule has 2 fully saturated rings. The number of benzene rings is 2. The van der Waals surface area contributed by atoms with E-state index < -0.39 is 14.7 Å². The summed E-state index contributed by atoms with van der Waals surface area (Å²) in [5, 5.41) is 5.70. The van der Waals surface area contributed by atoms with Crippen molar-refractivity contribution in [2.24, 2.45) is 0 Å². The van der Waals surface area contributed by atoms with Crippen molar-refractivity contribution >= 4 is 26.5 Å². The van der Waals surface area contributed by atoms with Gasteiger partial charge >= 0.3 is 14.7 Å². The Kier molecular flexibility index (Phi) is 15.2. The number of hydrogen-bond acceptors (Lipinski definition) is 9. The average Bonchev–Trinajstić information content (AvgIpc) is 3.13. The van der Waals surface area contributed by atoms with Gasteiger partial charge in [0.1, 0.15) is 12.4 Å². The number of methoxy groups -OCH3 is 1. The van der Waals surface area contributed by atoms with E-state index >= 15 is 0 Å². The zero-order valence-electron chi connectivity index (χ0n) is 28.6. The normalized spacial score (nSPS) is 17.5. The molecule has 2 aliphatic heterocycles. The van der Waals surface area contributed by atoms with E-state index in [4.69, 9.17) is 23.1 Å². The van der Waals surface area contributed by atoms with Crippen LogP contribution in [0.1, 0.15) is 44.2 Å². The number of carbonyl (C=O) groups is 3. The summed E-state index contributed by atoms with van der Waals surface area (Å²) in [6.07, 6.45) is 1.43. The summed E-state index contributed by atoms with van der Waals surface area (Å²) in [5.41, 5.74) is 1.87. The molecule has 2 N–H and O–H groups in total. The van der Waals surface area contributed by atoms with Gasteiger partial charge in [-0.05, 0) is 48.2 Å². The summed E-state index contributed by atoms with van der Waals surface area (Å²) in [6, 6.07) is 18.4. The summed E-state index contributed by atoms with van der Waals surface area (Å²) in [4.78, 5) is 42.5. The maximum Gasteiger partial charge on any atom is 0.407 e. The highest BCUT2D eigenvalue weighted by Gasteiger charge is 2.39. The highest BCUT2D eigenvalue weighted by atomic mass is 28.4. The number of nitrogens with zero attached hydrogens (tertiary/aromatic N) is 2. The van der Waals surface area contributed by atoms with Gasteiger partial charge in [-0.25, -0.2) is 4.79 Å². The first-order valence-electron chi connectivity index (χ1n) is 17.1. The predicted octanol–water partition coefficient (Wildman–Crippen LogP) is 3.83. The molecule has 2 aromatic rings. The van der Waals surface area contributed by atoms with E-state index in [1.165, 1.54) is 0 Å². The van der Waals surface area contributed by atoms with Crippen LogP contribution in [-0.2, 0) is 41.1 Å². The lowest BCUT2D eigenvalue weighted by atomic mass is 10.1. The average molecular weight is 685 g/mol. The second-order valence-electron chi connectivity index (χ2n) is 12.2. The zero-order valence-corrected chi connectivity index (χ0v) is 29.6. The van der Waals surface area contributed by atoms with E-state index in [2.05, 4.69) is 29.4 Å². The molecular formula is C35H52N4O8Si. The van der Waals surface area contributed by atoms with Gasteiger partial charge in [-0.3, -0.25) is 14.5 Å². The molecule has 13 heteroatoms. The molecule has 2 heterocycles. The van der Waals surface area contributed by atoms with E-state index in [0.717, 1.165) is 41.8 Å². The Morgan fingerprint density at radius 1 is 0.938 bits per heavy atom. The standard InChI is InChI=1S/C35H52N4O8Si/c1-4-48(5-2,47-32-16-21-44-22-17-32)46-27-30-24-39(34(41)15-18-36-35(42)45-26-29-9-7-6-8-10-29)20-19-38(30)25-33(40)37-23-28-11-13-31(43-3)14-12-28/h6-14,30,32H,4-5,15-27H2,1-3H3,(H,36,42)(H,37,40). The summed E-state index contributed by atoms with van der Waals surface area (Å²) in [5.74, 6) is 0.598. The van der Waals surface area contributed by atoms with Crippen molar-refractivity contribution in [3.8, 4) is 5.75 Å². The second kappa shape index (κ2) is 19.5. The number of nitrogens with one attached hydrogen (secondary N) is 2. The second-order valence-corrected chi connectivity index (χ2v) is 15.9. The molecule has 0 spiro atoms. The maximum atomic E-state index is 13.3. The number of carbonyl (C=O) groups excluding carboxylic acids is 3. The van der Waals surface area contributed by atoms with Gasteiger partial charge < -0.3 is 38.6 Å². The van der Waals surface area contributed by atoms with Crippen molar-refractivity contribution in [1.29, 1.82) is 0 Å². The van der Waals surface area contributed by atoms with E-state index in [1.54, 1.807) is 12.0 Å². The molecule has 0 radical (unpaired) electrons. The van der Waals surface area contributed by atoms with Crippen LogP contribution in [0.4, 0.5) is 4.79 Å². The van der Waals surface area contributed by atoms with Crippen LogP contribution in [-0.4, -0.2) is 108 Å². The third-order valence-corrected chi connectivity index (χ3v) is 12.6. The van der Waals surface area contributed by atoms with Crippen molar-refractivity contribution in [3.05, 3.63) is 65.7 Å². The third-order valence-electron chi connectivity index (χ3n) is 8.94. The third kappa shape index (κ3) is 11.9. The lowest BCUT2D eigenvalue weighted by molar-refractivity contribution is -0.135. The van der Waals surface area contributed by atoms with Gasteiger partial charge in [0.25, 0.3) is 0 Å². The Labute approximate surface area is 285 Å². The molecule has 2 aromatic carbocycles. The molecule has 1 atom stereocenters. The first-order chi connectivity index (χ1) is 23.3. The van der Waals surface area contributed by atoms with Crippen molar-refractivity contribution in [1.82, 2.24) is 20.4 Å². The van der Waals surface area contributed by atoms with Crippen LogP contribution < -0.4 is 15.4 Å². The number of amides is 3. The van der Waals surface area contributed by atoms with E-state index in [1.807, 2.05) is 54.6 Å². The van der Waals surface area contributed by atoms with Crippen molar-refractivity contribution < 1.29 is 37.4 Å². The van der Waals surface area contributed by atoms with Crippen LogP contribution in [0.5, 0.6) is 5.75 Å². The van der Waals surface area contributed by atoms with Gasteiger partial charge in [0, 0.05) is 52.4 Å². The molecule has 3 amide bonds. The van der Waals surface area contributed by atoms with Gasteiger partial charge in [0.15, 0.2) is 0 Å². The number of hydrogen-bond donors (Lipinski definition) is 2. The molecule has 48 heavy (non-hydrogen) atoms. The van der Waals surface area contributed by atoms with Gasteiger partial charge in [0.2, 0.25) is 11.8 Å². The van der Waals surface area contributed by atoms with Crippen molar-refractivity contribution in [2.75, 3.05) is 59.7 Å².